The third-order valence-corrected chi connectivity index (χ3v) is 8.17. The number of thiophene rings is 2. The van der Waals surface area contributed by atoms with Crippen molar-refractivity contribution in [2.24, 2.45) is 0 Å². The molecule has 0 saturated carbocycles. The molecule has 0 atom stereocenters. The van der Waals surface area contributed by atoms with Gasteiger partial charge in [-0.25, -0.2) is 9.59 Å². The van der Waals surface area contributed by atoms with Gasteiger partial charge in [0.2, 0.25) is 0 Å². The highest BCUT2D eigenvalue weighted by Crippen LogP contribution is 2.34. The van der Waals surface area contributed by atoms with Crippen LogP contribution in [0.2, 0.25) is 0 Å². The van der Waals surface area contributed by atoms with E-state index in [1.54, 1.807) is 34.8 Å². The topological polar surface area (TPSA) is 60.4 Å². The molecule has 0 aliphatic rings. The Morgan fingerprint density at radius 1 is 0.647 bits per heavy atom. The Balaban J connectivity index is 1.64. The van der Waals surface area contributed by atoms with Gasteiger partial charge in [0.1, 0.15) is 11.5 Å². The van der Waals surface area contributed by atoms with Crippen LogP contribution >= 0.6 is 22.7 Å². The first kappa shape index (κ1) is 24.7. The van der Waals surface area contributed by atoms with Gasteiger partial charge in [0.05, 0.1) is 20.5 Å². The summed E-state index contributed by atoms with van der Waals surface area (Å²) < 4.78 is 11.5. The third kappa shape index (κ3) is 5.61. The summed E-state index contributed by atoms with van der Waals surface area (Å²) in [6.45, 7) is 4.40. The fraction of sp³-hybridized carbons (Fsp3) is 0.429. The summed E-state index contributed by atoms with van der Waals surface area (Å²) in [5.41, 5.74) is 1.34. The Morgan fingerprint density at radius 2 is 1.09 bits per heavy atom. The first-order valence-electron chi connectivity index (χ1n) is 12.4. The molecule has 34 heavy (non-hydrogen) atoms. The Bertz CT molecular complexity index is 1230. The van der Waals surface area contributed by atoms with Crippen molar-refractivity contribution in [2.75, 3.05) is 0 Å². The highest BCUT2D eigenvalue weighted by molar-refractivity contribution is 7.14. The maximum Gasteiger partial charge on any atom is 0.344 e. The number of unbranched alkanes of at least 4 members (excludes halogenated alkanes) is 6. The van der Waals surface area contributed by atoms with Crippen LogP contribution in [0.1, 0.15) is 76.3 Å². The fourth-order valence-electron chi connectivity index (χ4n) is 4.33. The molecule has 180 valence electrons. The highest BCUT2D eigenvalue weighted by atomic mass is 32.1. The molecule has 0 aliphatic carbocycles. The largest absolute Gasteiger partial charge is 0.421 e. The summed E-state index contributed by atoms with van der Waals surface area (Å²) in [4.78, 5) is 27.8. The molecule has 4 heterocycles. The Labute approximate surface area is 208 Å². The van der Waals surface area contributed by atoms with Crippen molar-refractivity contribution in [1.82, 2.24) is 0 Å². The standard InChI is InChI=1S/C28H32O4S2/c1-3-5-7-9-11-19-13-15-33-25(19)23-17-21-22(27(29)31-23)18-24(32-28(21)30)26-20(14-16-34-26)12-10-8-6-4-2/h13-18H,3-12H2,1-2H3. The van der Waals surface area contributed by atoms with Crippen LogP contribution in [0.4, 0.5) is 0 Å². The van der Waals surface area contributed by atoms with E-state index >= 15 is 0 Å². The zero-order chi connectivity index (χ0) is 23.9. The molecule has 0 bridgehead atoms. The Morgan fingerprint density at radius 3 is 1.50 bits per heavy atom. The van der Waals surface area contributed by atoms with E-state index in [9.17, 15) is 9.59 Å². The minimum absolute atomic E-state index is 0.279. The average molecular weight is 497 g/mol. The molecule has 0 N–H and O–H groups in total. The third-order valence-electron chi connectivity index (χ3n) is 6.23. The van der Waals surface area contributed by atoms with Crippen molar-refractivity contribution in [1.29, 1.82) is 0 Å². The maximum atomic E-state index is 13.0. The Hall–Kier alpha value is -2.44. The van der Waals surface area contributed by atoms with Gasteiger partial charge >= 0.3 is 11.3 Å². The number of hydrogen-bond donors (Lipinski definition) is 0. The zero-order valence-corrected chi connectivity index (χ0v) is 21.6. The van der Waals surface area contributed by atoms with Crippen molar-refractivity contribution < 1.29 is 8.83 Å². The first-order valence-corrected chi connectivity index (χ1v) is 14.1. The van der Waals surface area contributed by atoms with Crippen LogP contribution in [-0.4, -0.2) is 0 Å². The first-order chi connectivity index (χ1) is 16.6. The van der Waals surface area contributed by atoms with E-state index in [-0.39, 0.29) is 10.8 Å². The number of aryl methyl sites for hydroxylation is 2. The monoisotopic (exact) mass is 496 g/mol. The summed E-state index contributed by atoms with van der Waals surface area (Å²) in [5, 5.41) is 4.58. The molecule has 0 aliphatic heterocycles. The number of rotatable bonds is 12. The van der Waals surface area contributed by atoms with Crippen molar-refractivity contribution >= 4 is 33.4 Å². The van der Waals surface area contributed by atoms with E-state index < -0.39 is 11.3 Å². The van der Waals surface area contributed by atoms with E-state index in [4.69, 9.17) is 8.83 Å². The minimum Gasteiger partial charge on any atom is -0.421 e. The molecular formula is C28H32O4S2. The van der Waals surface area contributed by atoms with Crippen LogP contribution < -0.4 is 11.3 Å². The lowest BCUT2D eigenvalue weighted by molar-refractivity contribution is 0.520. The summed E-state index contributed by atoms with van der Waals surface area (Å²) >= 11 is 3.08. The lowest BCUT2D eigenvalue weighted by Gasteiger charge is -2.06. The Kier molecular flexibility index (Phi) is 8.57. The smallest absolute Gasteiger partial charge is 0.344 e. The number of fused-ring (bicyclic) bond motifs is 1. The van der Waals surface area contributed by atoms with Gasteiger partial charge in [-0.1, -0.05) is 52.4 Å². The van der Waals surface area contributed by atoms with Crippen LogP contribution in [-0.2, 0) is 12.8 Å². The second-order valence-electron chi connectivity index (χ2n) is 8.79. The lowest BCUT2D eigenvalue weighted by Crippen LogP contribution is -2.09. The van der Waals surface area contributed by atoms with Gasteiger partial charge in [0.25, 0.3) is 0 Å². The van der Waals surface area contributed by atoms with Gasteiger partial charge in [0, 0.05) is 0 Å². The van der Waals surface area contributed by atoms with Crippen LogP contribution in [0.5, 0.6) is 0 Å². The minimum atomic E-state index is -0.493. The molecule has 6 heteroatoms. The predicted molar refractivity (Wildman–Crippen MR) is 143 cm³/mol. The van der Waals surface area contributed by atoms with Crippen molar-refractivity contribution in [3.63, 3.8) is 0 Å². The molecular weight excluding hydrogens is 464 g/mol. The molecule has 0 amide bonds. The molecule has 0 saturated heterocycles. The van der Waals surface area contributed by atoms with Crippen LogP contribution in [0.3, 0.4) is 0 Å². The second-order valence-corrected chi connectivity index (χ2v) is 10.6. The van der Waals surface area contributed by atoms with E-state index in [0.717, 1.165) is 46.6 Å². The van der Waals surface area contributed by atoms with E-state index in [1.165, 1.54) is 38.5 Å². The van der Waals surface area contributed by atoms with Crippen molar-refractivity contribution in [3.05, 3.63) is 67.0 Å². The van der Waals surface area contributed by atoms with Gasteiger partial charge in [-0.2, -0.15) is 0 Å². The summed E-state index contributed by atoms with van der Waals surface area (Å²) in [6.07, 6.45) is 11.3. The molecule has 0 fully saturated rings. The summed E-state index contributed by atoms with van der Waals surface area (Å²) in [7, 11) is 0. The quantitative estimate of drug-likeness (QED) is 0.185. The molecule has 0 spiro atoms. The summed E-state index contributed by atoms with van der Waals surface area (Å²) in [6, 6.07) is 7.52. The van der Waals surface area contributed by atoms with Gasteiger partial charge in [-0.15, -0.1) is 22.7 Å². The fourth-order valence-corrected chi connectivity index (χ4v) is 6.14. The average Bonchev–Trinajstić information content (AvgIpc) is 3.49. The van der Waals surface area contributed by atoms with Crippen molar-refractivity contribution in [2.45, 2.75) is 78.1 Å². The van der Waals surface area contributed by atoms with Gasteiger partial charge < -0.3 is 8.83 Å². The van der Waals surface area contributed by atoms with Gasteiger partial charge in [0.15, 0.2) is 0 Å². The predicted octanol–water partition coefficient (Wildman–Crippen LogP) is 8.45. The number of hydrogen-bond acceptors (Lipinski definition) is 6. The van der Waals surface area contributed by atoms with Gasteiger partial charge in [-0.05, 0) is 71.8 Å². The molecule has 0 radical (unpaired) electrons. The highest BCUT2D eigenvalue weighted by Gasteiger charge is 2.18. The van der Waals surface area contributed by atoms with Crippen molar-refractivity contribution in [3.8, 4) is 21.3 Å². The lowest BCUT2D eigenvalue weighted by atomic mass is 10.0. The maximum absolute atomic E-state index is 13.0. The van der Waals surface area contributed by atoms with Gasteiger partial charge in [-0.3, -0.25) is 0 Å². The van der Waals surface area contributed by atoms with Crippen LogP contribution in [0.25, 0.3) is 32.0 Å². The molecule has 4 nitrogen and oxygen atoms in total. The SMILES string of the molecule is CCCCCCc1ccsc1-c1cc2c(=O)oc(-c3sccc3CCCCCC)cc2c(=O)o1. The molecule has 4 aromatic heterocycles. The molecule has 0 unspecified atom stereocenters. The van der Waals surface area contributed by atoms with E-state index in [2.05, 4.69) is 26.0 Å². The molecule has 0 aromatic carbocycles. The summed E-state index contributed by atoms with van der Waals surface area (Å²) in [5.74, 6) is 0.900. The second kappa shape index (κ2) is 11.8. The zero-order valence-electron chi connectivity index (χ0n) is 20.0. The molecule has 4 aromatic rings. The van der Waals surface area contributed by atoms with E-state index in [0.29, 0.717) is 11.5 Å². The van der Waals surface area contributed by atoms with E-state index in [1.807, 2.05) is 10.8 Å². The molecule has 4 rings (SSSR count). The normalized spacial score (nSPS) is 11.5. The van der Waals surface area contributed by atoms with Crippen LogP contribution in [0, 0.1) is 0 Å². The van der Waals surface area contributed by atoms with Crippen LogP contribution in [0.15, 0.2) is 53.4 Å².